The summed E-state index contributed by atoms with van der Waals surface area (Å²) >= 11 is 0. The molecule has 0 N–H and O–H groups in total. The molecule has 2 nitrogen and oxygen atoms in total. The summed E-state index contributed by atoms with van der Waals surface area (Å²) in [5.41, 5.74) is 25.7. The maximum atomic E-state index is 2.77. The number of allylic oxidation sites excluding steroid dienone is 7. The fourth-order valence-electron chi connectivity index (χ4n) is 16.0. The Morgan fingerprint density at radius 1 is 0.512 bits per heavy atom. The third-order valence-corrected chi connectivity index (χ3v) is 20.8. The monoisotopic (exact) mass is 1080 g/mol. The second kappa shape index (κ2) is 19.2. The van der Waals surface area contributed by atoms with Crippen molar-refractivity contribution in [3.8, 4) is 11.1 Å². The van der Waals surface area contributed by atoms with Gasteiger partial charge >= 0.3 is 0 Å². The van der Waals surface area contributed by atoms with Crippen LogP contribution in [0.3, 0.4) is 0 Å². The van der Waals surface area contributed by atoms with E-state index in [1.807, 2.05) is 0 Å². The standard InChI is InChI=1S/C82H72N2/c1-80(2)71-24-15-25-72-77(71)84-78-73(80)48-65(57-29-26-52(27-30-57)28-43-70(63-33-31-53-16-7-11-20-59(53)44-63)64-34-32-54-17-8-12-21-60(54)45-64)50-75(78)82(5,6)76-51-66(49-74(79(76)84)81(72,3)4)58-35-39-67(40-36-58)83(68-41-37-55-18-9-13-22-61(55)46-68)69-42-38-56-19-10-14-23-62(56)47-69/h7-11,13-20,22-27,29-35,37-42,44-48,50-51,58,66,70H,12,21,28,36,43,49H2,1-6H3. The molecule has 10 aromatic carbocycles. The molecule has 0 radical (unpaired) electrons. The molecule has 10 aromatic rings. The summed E-state index contributed by atoms with van der Waals surface area (Å²) < 4.78 is 0. The van der Waals surface area contributed by atoms with Gasteiger partial charge in [-0.3, -0.25) is 0 Å². The Balaban J connectivity index is 0.748. The lowest BCUT2D eigenvalue weighted by Crippen LogP contribution is -2.48. The zero-order valence-corrected chi connectivity index (χ0v) is 49.4. The first-order chi connectivity index (χ1) is 40.9. The molecule has 2 heteroatoms. The average Bonchev–Trinajstić information content (AvgIpc) is 0.678. The molecule has 0 aromatic heterocycles. The van der Waals surface area contributed by atoms with E-state index in [0.717, 1.165) is 38.5 Å². The van der Waals surface area contributed by atoms with Crippen LogP contribution in [0.15, 0.2) is 253 Å². The number of hydrogen-bond acceptors (Lipinski definition) is 2. The predicted molar refractivity (Wildman–Crippen MR) is 355 cm³/mol. The molecule has 84 heavy (non-hydrogen) atoms. The minimum absolute atomic E-state index is 0.145. The average molecular weight is 1090 g/mol. The number of rotatable bonds is 10. The van der Waals surface area contributed by atoms with Gasteiger partial charge in [0.15, 0.2) is 0 Å². The quantitative estimate of drug-likeness (QED) is 0.135. The number of anilines is 4. The van der Waals surface area contributed by atoms with Crippen molar-refractivity contribution in [2.75, 3.05) is 9.80 Å². The summed E-state index contributed by atoms with van der Waals surface area (Å²) in [5.74, 6) is 0.996. The Kier molecular flexibility index (Phi) is 11.6. The van der Waals surface area contributed by atoms with Crippen LogP contribution in [0.4, 0.5) is 22.7 Å². The summed E-state index contributed by atoms with van der Waals surface area (Å²) in [6, 6.07) is 76.5. The third kappa shape index (κ3) is 8.04. The lowest BCUT2D eigenvalue weighted by molar-refractivity contribution is 0.412. The Morgan fingerprint density at radius 2 is 1.11 bits per heavy atom. The van der Waals surface area contributed by atoms with Gasteiger partial charge in [-0.15, -0.1) is 0 Å². The summed E-state index contributed by atoms with van der Waals surface area (Å²) in [7, 11) is 0. The summed E-state index contributed by atoms with van der Waals surface area (Å²) in [6.45, 7) is 15.1. The van der Waals surface area contributed by atoms with Crippen molar-refractivity contribution in [2.24, 2.45) is 11.8 Å². The first-order valence-electron chi connectivity index (χ1n) is 31.0. The largest absolute Gasteiger partial charge is 0.311 e. The highest BCUT2D eigenvalue weighted by Gasteiger charge is 2.54. The van der Waals surface area contributed by atoms with Crippen LogP contribution in [0.2, 0.25) is 0 Å². The molecule has 0 saturated heterocycles. The van der Waals surface area contributed by atoms with Gasteiger partial charge in [0.1, 0.15) is 0 Å². The summed E-state index contributed by atoms with van der Waals surface area (Å²) in [6.07, 6.45) is 21.2. The van der Waals surface area contributed by atoms with Crippen molar-refractivity contribution >= 4 is 61.1 Å². The van der Waals surface area contributed by atoms with Crippen molar-refractivity contribution < 1.29 is 0 Å². The second-order valence-electron chi connectivity index (χ2n) is 26.7. The van der Waals surface area contributed by atoms with E-state index in [1.165, 1.54) is 133 Å². The van der Waals surface area contributed by atoms with E-state index in [1.54, 1.807) is 5.57 Å². The van der Waals surface area contributed by atoms with E-state index in [2.05, 4.69) is 288 Å². The molecule has 3 aliphatic heterocycles. The second-order valence-corrected chi connectivity index (χ2v) is 26.7. The third-order valence-electron chi connectivity index (χ3n) is 20.8. The van der Waals surface area contributed by atoms with E-state index in [4.69, 9.17) is 0 Å². The molecular weight excluding hydrogens is 1010 g/mol. The highest BCUT2D eigenvalue weighted by atomic mass is 15.2. The minimum Gasteiger partial charge on any atom is -0.311 e. The lowest BCUT2D eigenvalue weighted by Gasteiger charge is -2.58. The molecule has 3 atom stereocenters. The van der Waals surface area contributed by atoms with Crippen molar-refractivity contribution in [3.05, 3.63) is 303 Å². The zero-order chi connectivity index (χ0) is 56.6. The van der Waals surface area contributed by atoms with Gasteiger partial charge in [-0.25, -0.2) is 0 Å². The van der Waals surface area contributed by atoms with Crippen LogP contribution in [0.25, 0.3) is 49.5 Å². The molecule has 6 aliphatic rings. The topological polar surface area (TPSA) is 6.48 Å². The molecule has 0 amide bonds. The van der Waals surface area contributed by atoms with Crippen LogP contribution in [-0.2, 0) is 29.1 Å². The highest BCUT2D eigenvalue weighted by Crippen LogP contribution is 2.67. The van der Waals surface area contributed by atoms with Crippen LogP contribution >= 0.6 is 0 Å². The minimum atomic E-state index is -0.251. The van der Waals surface area contributed by atoms with Gasteiger partial charge in [-0.2, -0.15) is 0 Å². The first-order valence-corrected chi connectivity index (χ1v) is 31.0. The SMILES string of the molecule is CC1(C)C2=CC(C3C=CC(N(c4ccc5ccccc5c4)c4ccc5ccccc5c4)=CC3)CC3=C2N2c4c1cc(-c1ccc(CCC(c5ccc6c(c5)CCC=C6)c5ccc6ccccc6c5)cc1)cc4C(C)(C)c1cccc(c12)C3(C)C. The highest BCUT2D eigenvalue weighted by molar-refractivity contribution is 5.96. The Hall–Kier alpha value is -8.72. The van der Waals surface area contributed by atoms with Crippen LogP contribution in [0, 0.1) is 11.8 Å². The van der Waals surface area contributed by atoms with Gasteiger partial charge in [0, 0.05) is 39.2 Å². The van der Waals surface area contributed by atoms with E-state index < -0.39 is 0 Å². The molecule has 0 fully saturated rings. The van der Waals surface area contributed by atoms with Gasteiger partial charge in [0.25, 0.3) is 0 Å². The number of hydrogen-bond donors (Lipinski definition) is 0. The number of benzene rings is 10. The normalized spacial score (nSPS) is 19.4. The van der Waals surface area contributed by atoms with Gasteiger partial charge in [-0.05, 0) is 197 Å². The zero-order valence-electron chi connectivity index (χ0n) is 49.4. The van der Waals surface area contributed by atoms with Gasteiger partial charge in [0.05, 0.1) is 17.1 Å². The Labute approximate surface area is 496 Å². The number of aryl methyl sites for hydroxylation is 2. The molecule has 0 saturated carbocycles. The smallest absolute Gasteiger partial charge is 0.0544 e. The molecule has 0 bridgehead atoms. The number of nitrogens with zero attached hydrogens (tertiary/aromatic N) is 2. The Morgan fingerprint density at radius 3 is 1.77 bits per heavy atom. The van der Waals surface area contributed by atoms with Crippen LogP contribution in [0.5, 0.6) is 0 Å². The molecule has 0 spiro atoms. The molecule has 3 heterocycles. The molecule has 410 valence electrons. The van der Waals surface area contributed by atoms with Gasteiger partial charge < -0.3 is 9.80 Å². The Bertz CT molecular complexity index is 4470. The van der Waals surface area contributed by atoms with E-state index in [0.29, 0.717) is 17.8 Å². The molecule has 3 unspecified atom stereocenters. The fraction of sp³-hybridized carbons (Fsp3) is 0.220. The van der Waals surface area contributed by atoms with E-state index in [-0.39, 0.29) is 16.2 Å². The maximum absolute atomic E-state index is 2.77. The first kappa shape index (κ1) is 51.0. The summed E-state index contributed by atoms with van der Waals surface area (Å²) in [5, 5.41) is 7.62. The summed E-state index contributed by atoms with van der Waals surface area (Å²) in [4.78, 5) is 5.25. The van der Waals surface area contributed by atoms with Crippen molar-refractivity contribution in [3.63, 3.8) is 0 Å². The van der Waals surface area contributed by atoms with Crippen molar-refractivity contribution in [1.29, 1.82) is 0 Å². The van der Waals surface area contributed by atoms with Crippen LogP contribution < -0.4 is 9.80 Å². The van der Waals surface area contributed by atoms with Crippen molar-refractivity contribution in [2.45, 2.75) is 102 Å². The maximum Gasteiger partial charge on any atom is 0.0544 e. The van der Waals surface area contributed by atoms with Gasteiger partial charge in [0.2, 0.25) is 0 Å². The lowest BCUT2D eigenvalue weighted by atomic mass is 9.56. The van der Waals surface area contributed by atoms with E-state index >= 15 is 0 Å². The van der Waals surface area contributed by atoms with E-state index in [9.17, 15) is 0 Å². The van der Waals surface area contributed by atoms with Crippen LogP contribution in [0.1, 0.15) is 123 Å². The molecule has 3 aliphatic carbocycles. The number of para-hydroxylation sites is 1. The van der Waals surface area contributed by atoms with Gasteiger partial charge in [-0.1, -0.05) is 236 Å². The predicted octanol–water partition coefficient (Wildman–Crippen LogP) is 21.4. The molecule has 16 rings (SSSR count). The number of fused-ring (bicyclic) bond motifs is 4. The fourth-order valence-corrected chi connectivity index (χ4v) is 16.0. The van der Waals surface area contributed by atoms with Crippen LogP contribution in [-0.4, -0.2) is 0 Å². The van der Waals surface area contributed by atoms with Crippen molar-refractivity contribution in [1.82, 2.24) is 0 Å². The molecular formula is C82H72N2.